The maximum Gasteiger partial charge on any atom is 0.164 e. The van der Waals surface area contributed by atoms with Crippen LogP contribution in [-0.2, 0) is 13.0 Å². The number of aryl methyl sites for hydroxylation is 1. The largest absolute Gasteiger partial charge is 0.309 e. The maximum atomic E-state index is 12.3. The second-order valence-corrected chi connectivity index (χ2v) is 5.39. The number of rotatable bonds is 3. The highest BCUT2D eigenvalue weighted by atomic mass is 35.5. The van der Waals surface area contributed by atoms with Crippen LogP contribution in [0.3, 0.4) is 0 Å². The van der Waals surface area contributed by atoms with Crippen LogP contribution >= 0.6 is 12.4 Å². The first-order chi connectivity index (χ1) is 9.83. The van der Waals surface area contributed by atoms with Crippen molar-refractivity contribution in [2.24, 2.45) is 0 Å². The molecule has 0 heterocycles. The van der Waals surface area contributed by atoms with Crippen molar-refractivity contribution in [2.75, 3.05) is 0 Å². The Morgan fingerprint density at radius 2 is 1.71 bits per heavy atom. The number of halogens is 1. The molecule has 1 unspecified atom stereocenters. The molecule has 1 aliphatic carbocycles. The highest BCUT2D eigenvalue weighted by Crippen LogP contribution is 2.20. The van der Waals surface area contributed by atoms with Crippen molar-refractivity contribution in [3.05, 3.63) is 71.3 Å². The first kappa shape index (κ1) is 15.7. The van der Waals surface area contributed by atoms with Crippen LogP contribution in [0.2, 0.25) is 0 Å². The van der Waals surface area contributed by atoms with Gasteiger partial charge in [0.15, 0.2) is 5.78 Å². The first-order valence-electron chi connectivity index (χ1n) is 7.21. The van der Waals surface area contributed by atoms with Gasteiger partial charge in [-0.25, -0.2) is 0 Å². The van der Waals surface area contributed by atoms with Crippen molar-refractivity contribution in [1.29, 1.82) is 0 Å². The summed E-state index contributed by atoms with van der Waals surface area (Å²) in [6, 6.07) is 18.6. The number of carbonyl (C=O) groups is 1. The maximum absolute atomic E-state index is 12.3. The number of Topliss-reactive ketones (excluding diaryl/α,β-unsaturated/α-hetero) is 1. The van der Waals surface area contributed by atoms with E-state index >= 15 is 0 Å². The number of carbonyl (C=O) groups excluding carboxylic acids is 1. The Balaban J connectivity index is 0.00000161. The molecule has 0 saturated heterocycles. The predicted molar refractivity (Wildman–Crippen MR) is 88.0 cm³/mol. The molecule has 3 rings (SSSR count). The van der Waals surface area contributed by atoms with Crippen LogP contribution in [0, 0.1) is 0 Å². The Labute approximate surface area is 132 Å². The van der Waals surface area contributed by atoms with Gasteiger partial charge < -0.3 is 5.32 Å². The number of nitrogens with one attached hydrogen (secondary N) is 1. The fraction of sp³-hybridized carbons (Fsp3) is 0.278. The molecule has 110 valence electrons. The smallest absolute Gasteiger partial charge is 0.164 e. The summed E-state index contributed by atoms with van der Waals surface area (Å²) >= 11 is 0. The number of ketones is 1. The third kappa shape index (κ3) is 3.93. The van der Waals surface area contributed by atoms with Crippen molar-refractivity contribution in [2.45, 2.75) is 31.8 Å². The fourth-order valence-electron chi connectivity index (χ4n) is 2.81. The van der Waals surface area contributed by atoms with E-state index in [1.54, 1.807) is 0 Å². The molecule has 0 aromatic heterocycles. The molecule has 2 aromatic rings. The fourth-order valence-corrected chi connectivity index (χ4v) is 2.81. The summed E-state index contributed by atoms with van der Waals surface area (Å²) < 4.78 is 0. The van der Waals surface area contributed by atoms with Gasteiger partial charge in [0.25, 0.3) is 0 Å². The van der Waals surface area contributed by atoms with Crippen molar-refractivity contribution >= 4 is 18.2 Å². The number of hydrogen-bond donors (Lipinski definition) is 1. The number of fused-ring (bicyclic) bond motifs is 1. The molecule has 1 atom stereocenters. The lowest BCUT2D eigenvalue weighted by Crippen LogP contribution is -2.30. The summed E-state index contributed by atoms with van der Waals surface area (Å²) in [6.45, 7) is 0.829. The standard InChI is InChI=1S/C18H19NO.ClH/c20-18-12-16(19-13-14-6-2-1-3-7-14)11-10-15-8-4-5-9-17(15)18;/h1-9,16,19H,10-13H2;1H. The van der Waals surface area contributed by atoms with Gasteiger partial charge in [0, 0.05) is 24.6 Å². The van der Waals surface area contributed by atoms with Crippen LogP contribution in [0.15, 0.2) is 54.6 Å². The molecule has 21 heavy (non-hydrogen) atoms. The minimum atomic E-state index is 0. The van der Waals surface area contributed by atoms with E-state index in [-0.39, 0.29) is 24.2 Å². The van der Waals surface area contributed by atoms with Crippen molar-refractivity contribution in [1.82, 2.24) is 5.32 Å². The molecule has 2 aromatic carbocycles. The molecular weight excluding hydrogens is 282 g/mol. The lowest BCUT2D eigenvalue weighted by atomic mass is 10.0. The highest BCUT2D eigenvalue weighted by Gasteiger charge is 2.21. The van der Waals surface area contributed by atoms with Gasteiger partial charge in [0.2, 0.25) is 0 Å². The van der Waals surface area contributed by atoms with Gasteiger partial charge in [-0.3, -0.25) is 4.79 Å². The van der Waals surface area contributed by atoms with Gasteiger partial charge >= 0.3 is 0 Å². The topological polar surface area (TPSA) is 29.1 Å². The Kier molecular flexibility index (Phi) is 5.54. The Morgan fingerprint density at radius 3 is 2.52 bits per heavy atom. The minimum absolute atomic E-state index is 0. The summed E-state index contributed by atoms with van der Waals surface area (Å²) in [6.07, 6.45) is 2.60. The van der Waals surface area contributed by atoms with Crippen LogP contribution in [0.25, 0.3) is 0 Å². The van der Waals surface area contributed by atoms with Gasteiger partial charge in [-0.05, 0) is 24.0 Å². The Hall–Kier alpha value is -1.64. The van der Waals surface area contributed by atoms with Gasteiger partial charge in [-0.15, -0.1) is 12.4 Å². The van der Waals surface area contributed by atoms with E-state index in [1.807, 2.05) is 36.4 Å². The van der Waals surface area contributed by atoms with Crippen LogP contribution in [0.4, 0.5) is 0 Å². The molecule has 0 radical (unpaired) electrons. The van der Waals surface area contributed by atoms with Crippen LogP contribution in [0.1, 0.15) is 34.3 Å². The molecule has 2 nitrogen and oxygen atoms in total. The lowest BCUT2D eigenvalue weighted by Gasteiger charge is -2.15. The third-order valence-electron chi connectivity index (χ3n) is 3.95. The van der Waals surface area contributed by atoms with E-state index in [0.29, 0.717) is 6.42 Å². The molecule has 0 fully saturated rings. The van der Waals surface area contributed by atoms with E-state index < -0.39 is 0 Å². The predicted octanol–water partition coefficient (Wildman–Crippen LogP) is 3.79. The Morgan fingerprint density at radius 1 is 1.00 bits per heavy atom. The summed E-state index contributed by atoms with van der Waals surface area (Å²) in [5.41, 5.74) is 3.37. The van der Waals surface area contributed by atoms with E-state index in [4.69, 9.17) is 0 Å². The average molecular weight is 302 g/mol. The second-order valence-electron chi connectivity index (χ2n) is 5.39. The molecule has 3 heteroatoms. The van der Waals surface area contributed by atoms with Gasteiger partial charge in [-0.1, -0.05) is 54.6 Å². The van der Waals surface area contributed by atoms with E-state index in [1.165, 1.54) is 11.1 Å². The molecule has 0 bridgehead atoms. The van der Waals surface area contributed by atoms with Gasteiger partial charge in [0.1, 0.15) is 0 Å². The zero-order valence-corrected chi connectivity index (χ0v) is 12.7. The molecule has 0 aliphatic heterocycles. The summed E-state index contributed by atoms with van der Waals surface area (Å²) in [5, 5.41) is 3.52. The SMILES string of the molecule is Cl.O=C1CC(NCc2ccccc2)CCc2ccccc21. The first-order valence-corrected chi connectivity index (χ1v) is 7.21. The highest BCUT2D eigenvalue weighted by molar-refractivity contribution is 5.98. The van der Waals surface area contributed by atoms with Crippen LogP contribution < -0.4 is 5.32 Å². The third-order valence-corrected chi connectivity index (χ3v) is 3.95. The van der Waals surface area contributed by atoms with Gasteiger partial charge in [0.05, 0.1) is 0 Å². The monoisotopic (exact) mass is 301 g/mol. The molecule has 0 spiro atoms. The summed E-state index contributed by atoms with van der Waals surface area (Å²) in [7, 11) is 0. The van der Waals surface area contributed by atoms with Crippen molar-refractivity contribution in [3.63, 3.8) is 0 Å². The van der Waals surface area contributed by atoms with Crippen molar-refractivity contribution in [3.8, 4) is 0 Å². The summed E-state index contributed by atoms with van der Waals surface area (Å²) in [5.74, 6) is 0.267. The normalized spacial score (nSPS) is 17.5. The molecular formula is C18H20ClNO. The molecule has 1 N–H and O–H groups in total. The minimum Gasteiger partial charge on any atom is -0.309 e. The average Bonchev–Trinajstić information content (AvgIpc) is 2.66. The van der Waals surface area contributed by atoms with E-state index in [0.717, 1.165) is 24.9 Å². The number of hydrogen-bond acceptors (Lipinski definition) is 2. The number of benzene rings is 2. The zero-order valence-electron chi connectivity index (χ0n) is 11.9. The second kappa shape index (κ2) is 7.39. The quantitative estimate of drug-likeness (QED) is 0.874. The lowest BCUT2D eigenvalue weighted by molar-refractivity contribution is 0.0971. The van der Waals surface area contributed by atoms with Gasteiger partial charge in [-0.2, -0.15) is 0 Å². The molecule has 0 amide bonds. The molecule has 1 aliphatic rings. The zero-order chi connectivity index (χ0) is 13.8. The van der Waals surface area contributed by atoms with Crippen LogP contribution in [-0.4, -0.2) is 11.8 Å². The molecule has 0 saturated carbocycles. The Bertz CT molecular complexity index is 597. The van der Waals surface area contributed by atoms with E-state index in [2.05, 4.69) is 23.5 Å². The van der Waals surface area contributed by atoms with E-state index in [9.17, 15) is 4.79 Å². The van der Waals surface area contributed by atoms with Crippen LogP contribution in [0.5, 0.6) is 0 Å². The summed E-state index contributed by atoms with van der Waals surface area (Å²) in [4.78, 5) is 12.3. The van der Waals surface area contributed by atoms with Crippen molar-refractivity contribution < 1.29 is 4.79 Å².